The summed E-state index contributed by atoms with van der Waals surface area (Å²) in [4.78, 5) is 10.9. The zero-order valence-corrected chi connectivity index (χ0v) is 7.18. The Morgan fingerprint density at radius 3 is 2.69 bits per heavy atom. The molecule has 0 aromatic carbocycles. The number of hydrogen-bond donors (Lipinski definition) is 2. The van der Waals surface area contributed by atoms with Gasteiger partial charge in [0.05, 0.1) is 12.1 Å². The molecule has 0 spiro atoms. The van der Waals surface area contributed by atoms with Crippen LogP contribution in [0.15, 0.2) is 0 Å². The molecule has 4 nitrogen and oxygen atoms in total. The van der Waals surface area contributed by atoms with Crippen LogP contribution in [0.1, 0.15) is 13.3 Å². The van der Waals surface area contributed by atoms with Gasteiger partial charge >= 0.3 is 0 Å². The second-order valence-corrected chi connectivity index (χ2v) is 2.76. The van der Waals surface area contributed by atoms with Crippen molar-refractivity contribution in [3.8, 4) is 6.07 Å². The normalized spacial score (nSPS) is 13.2. The molecule has 0 aliphatic carbocycles. The van der Waals surface area contributed by atoms with E-state index in [1.807, 2.05) is 0 Å². The standard InChI is InChI=1S/C7H11F2N3O/c1-7(8,9)4-5(11)6(13)12-3-2-10/h5H,3-4,11H2,1H3,(H,12,13)/t5-/m0/s1. The van der Waals surface area contributed by atoms with E-state index in [1.165, 1.54) is 0 Å². The van der Waals surface area contributed by atoms with E-state index in [0.29, 0.717) is 6.92 Å². The minimum Gasteiger partial charge on any atom is -0.342 e. The first-order valence-electron chi connectivity index (χ1n) is 3.65. The van der Waals surface area contributed by atoms with Crippen molar-refractivity contribution in [3.05, 3.63) is 0 Å². The van der Waals surface area contributed by atoms with Gasteiger partial charge in [-0.2, -0.15) is 5.26 Å². The summed E-state index contributed by atoms with van der Waals surface area (Å²) in [5.41, 5.74) is 5.14. The molecule has 13 heavy (non-hydrogen) atoms. The van der Waals surface area contributed by atoms with Gasteiger partial charge in [0, 0.05) is 6.42 Å². The second-order valence-electron chi connectivity index (χ2n) is 2.76. The molecule has 0 rings (SSSR count). The van der Waals surface area contributed by atoms with Crippen molar-refractivity contribution >= 4 is 5.91 Å². The number of hydrogen-bond acceptors (Lipinski definition) is 3. The highest BCUT2D eigenvalue weighted by Crippen LogP contribution is 2.17. The van der Waals surface area contributed by atoms with Crippen LogP contribution in [0.5, 0.6) is 0 Å². The number of nitriles is 1. The first-order valence-corrected chi connectivity index (χ1v) is 3.65. The van der Waals surface area contributed by atoms with Crippen molar-refractivity contribution in [1.29, 1.82) is 5.26 Å². The maximum atomic E-state index is 12.3. The van der Waals surface area contributed by atoms with Gasteiger partial charge in [-0.1, -0.05) is 0 Å². The highest BCUT2D eigenvalue weighted by atomic mass is 19.3. The molecule has 0 aliphatic heterocycles. The maximum Gasteiger partial charge on any atom is 0.247 e. The van der Waals surface area contributed by atoms with Gasteiger partial charge in [-0.3, -0.25) is 4.79 Å². The molecule has 1 amide bonds. The largest absolute Gasteiger partial charge is 0.342 e. The van der Waals surface area contributed by atoms with Crippen molar-refractivity contribution in [2.75, 3.05) is 6.54 Å². The minimum absolute atomic E-state index is 0.220. The van der Waals surface area contributed by atoms with E-state index in [9.17, 15) is 13.6 Å². The Labute approximate surface area is 74.7 Å². The van der Waals surface area contributed by atoms with Gasteiger partial charge in [0.2, 0.25) is 11.8 Å². The summed E-state index contributed by atoms with van der Waals surface area (Å²) in [6.45, 7) is 0.465. The molecule has 0 heterocycles. The zero-order valence-electron chi connectivity index (χ0n) is 7.18. The van der Waals surface area contributed by atoms with Gasteiger partial charge in [0.25, 0.3) is 0 Å². The number of nitrogens with zero attached hydrogens (tertiary/aromatic N) is 1. The fourth-order valence-corrected chi connectivity index (χ4v) is 0.737. The average molecular weight is 191 g/mol. The Morgan fingerprint density at radius 1 is 1.77 bits per heavy atom. The summed E-state index contributed by atoms with van der Waals surface area (Å²) < 4.78 is 24.7. The summed E-state index contributed by atoms with van der Waals surface area (Å²) >= 11 is 0. The van der Waals surface area contributed by atoms with E-state index in [4.69, 9.17) is 11.0 Å². The number of halogens is 2. The van der Waals surface area contributed by atoms with Gasteiger partial charge in [0.1, 0.15) is 6.54 Å². The van der Waals surface area contributed by atoms with Gasteiger partial charge < -0.3 is 11.1 Å². The Kier molecular flexibility index (Phi) is 4.28. The predicted molar refractivity (Wildman–Crippen MR) is 41.8 cm³/mol. The van der Waals surface area contributed by atoms with Crippen molar-refractivity contribution in [2.24, 2.45) is 5.73 Å². The smallest absolute Gasteiger partial charge is 0.247 e. The summed E-state index contributed by atoms with van der Waals surface area (Å²) in [6.07, 6.45) is -0.718. The van der Waals surface area contributed by atoms with Crippen molar-refractivity contribution in [3.63, 3.8) is 0 Å². The van der Waals surface area contributed by atoms with Crippen LogP contribution in [0.2, 0.25) is 0 Å². The van der Waals surface area contributed by atoms with Crippen LogP contribution in [0, 0.1) is 11.3 Å². The molecule has 1 atom stereocenters. The summed E-state index contributed by atoms with van der Waals surface area (Å²) in [7, 11) is 0. The molecule has 74 valence electrons. The number of carbonyl (C=O) groups excluding carboxylic acids is 1. The minimum atomic E-state index is -2.97. The third kappa shape index (κ3) is 5.99. The lowest BCUT2D eigenvalue weighted by Gasteiger charge is -2.15. The second kappa shape index (κ2) is 4.72. The molecule has 0 aromatic heterocycles. The third-order valence-electron chi connectivity index (χ3n) is 1.26. The van der Waals surface area contributed by atoms with Gasteiger partial charge in [-0.05, 0) is 6.92 Å². The molecule has 0 radical (unpaired) electrons. The number of amides is 1. The fraction of sp³-hybridized carbons (Fsp3) is 0.714. The van der Waals surface area contributed by atoms with E-state index in [0.717, 1.165) is 0 Å². The molecular formula is C7H11F2N3O. The Hall–Kier alpha value is -1.22. The van der Waals surface area contributed by atoms with E-state index >= 15 is 0 Å². The van der Waals surface area contributed by atoms with Gasteiger partial charge in [0.15, 0.2) is 0 Å². The molecule has 0 saturated heterocycles. The van der Waals surface area contributed by atoms with Gasteiger partial charge in [-0.15, -0.1) is 0 Å². The third-order valence-corrected chi connectivity index (χ3v) is 1.26. The zero-order chi connectivity index (χ0) is 10.5. The molecule has 0 bridgehead atoms. The molecule has 6 heteroatoms. The van der Waals surface area contributed by atoms with Gasteiger partial charge in [-0.25, -0.2) is 8.78 Å². The highest BCUT2D eigenvalue weighted by Gasteiger charge is 2.28. The lowest BCUT2D eigenvalue weighted by Crippen LogP contribution is -2.43. The first-order chi connectivity index (χ1) is 5.87. The Morgan fingerprint density at radius 2 is 2.31 bits per heavy atom. The van der Waals surface area contributed by atoms with Crippen molar-refractivity contribution in [1.82, 2.24) is 5.32 Å². The first kappa shape index (κ1) is 11.8. The Bertz CT molecular complexity index is 219. The SMILES string of the molecule is CC(F)(F)C[C@H](N)C(=O)NCC#N. The monoisotopic (exact) mass is 191 g/mol. The van der Waals surface area contributed by atoms with E-state index in [1.54, 1.807) is 6.07 Å². The fourth-order valence-electron chi connectivity index (χ4n) is 0.737. The average Bonchev–Trinajstić information content (AvgIpc) is 1.96. The van der Waals surface area contributed by atoms with E-state index in [2.05, 4.69) is 5.32 Å². The van der Waals surface area contributed by atoms with Crippen LogP contribution in [0.4, 0.5) is 8.78 Å². The highest BCUT2D eigenvalue weighted by molar-refractivity contribution is 5.81. The van der Waals surface area contributed by atoms with E-state index < -0.39 is 24.3 Å². The lowest BCUT2D eigenvalue weighted by molar-refractivity contribution is -0.124. The number of nitrogens with two attached hydrogens (primary N) is 1. The molecule has 3 N–H and O–H groups in total. The summed E-state index contributed by atoms with van der Waals surface area (Å²) in [6, 6.07) is 0.371. The van der Waals surface area contributed by atoms with E-state index in [-0.39, 0.29) is 6.54 Å². The summed E-state index contributed by atoms with van der Waals surface area (Å²) in [5.74, 6) is -3.70. The van der Waals surface area contributed by atoms with Crippen LogP contribution in [0.25, 0.3) is 0 Å². The van der Waals surface area contributed by atoms with Crippen LogP contribution in [-0.4, -0.2) is 24.4 Å². The number of carbonyl (C=O) groups is 1. The molecule has 0 saturated carbocycles. The predicted octanol–water partition coefficient (Wildman–Crippen LogP) is -0.00122. The number of rotatable bonds is 4. The summed E-state index contributed by atoms with van der Waals surface area (Å²) in [5, 5.41) is 10.2. The maximum absolute atomic E-state index is 12.3. The molecule has 0 aliphatic rings. The molecule has 0 fully saturated rings. The van der Waals surface area contributed by atoms with Crippen molar-refractivity contribution < 1.29 is 13.6 Å². The van der Waals surface area contributed by atoms with Crippen LogP contribution in [0.3, 0.4) is 0 Å². The topological polar surface area (TPSA) is 78.9 Å². The van der Waals surface area contributed by atoms with Crippen molar-refractivity contribution in [2.45, 2.75) is 25.3 Å². The molecule has 0 aromatic rings. The lowest BCUT2D eigenvalue weighted by atomic mass is 10.1. The Balaban J connectivity index is 3.91. The van der Waals surface area contributed by atoms with Crippen LogP contribution < -0.4 is 11.1 Å². The molecular weight excluding hydrogens is 180 g/mol. The number of alkyl halides is 2. The van der Waals surface area contributed by atoms with Crippen LogP contribution >= 0.6 is 0 Å². The number of nitrogens with one attached hydrogen (secondary N) is 1. The molecule has 0 unspecified atom stereocenters. The quantitative estimate of drug-likeness (QED) is 0.614. The van der Waals surface area contributed by atoms with Crippen LogP contribution in [-0.2, 0) is 4.79 Å².